The van der Waals surface area contributed by atoms with Crippen molar-refractivity contribution >= 4 is 24.5 Å². The van der Waals surface area contributed by atoms with Gasteiger partial charge in [-0.1, -0.05) is 30.3 Å². The van der Waals surface area contributed by atoms with E-state index in [0.717, 1.165) is 5.56 Å². The van der Waals surface area contributed by atoms with Gasteiger partial charge in [-0.3, -0.25) is 4.79 Å². The monoisotopic (exact) mass is 319 g/mol. The SMILES string of the molecule is O=C(NC(C(=O)O)c1ccco1)C(CS)Cc1ccccc1. The summed E-state index contributed by atoms with van der Waals surface area (Å²) in [7, 11) is 0. The molecule has 116 valence electrons. The maximum atomic E-state index is 12.3. The quantitative estimate of drug-likeness (QED) is 0.684. The second-order valence-corrected chi connectivity index (χ2v) is 5.23. The van der Waals surface area contributed by atoms with E-state index >= 15 is 0 Å². The lowest BCUT2D eigenvalue weighted by atomic mass is 9.99. The molecule has 0 radical (unpaired) electrons. The summed E-state index contributed by atoms with van der Waals surface area (Å²) in [4.78, 5) is 23.6. The highest BCUT2D eigenvalue weighted by Crippen LogP contribution is 2.16. The summed E-state index contributed by atoms with van der Waals surface area (Å²) in [5, 5.41) is 11.8. The molecular weight excluding hydrogens is 302 g/mol. The number of nitrogens with one attached hydrogen (secondary N) is 1. The van der Waals surface area contributed by atoms with Gasteiger partial charge in [0.05, 0.1) is 12.2 Å². The number of carbonyl (C=O) groups excluding carboxylic acids is 1. The van der Waals surface area contributed by atoms with Gasteiger partial charge in [-0.2, -0.15) is 12.6 Å². The molecule has 0 bridgehead atoms. The Balaban J connectivity index is 2.06. The Morgan fingerprint density at radius 1 is 1.18 bits per heavy atom. The Morgan fingerprint density at radius 3 is 2.45 bits per heavy atom. The molecule has 1 aromatic heterocycles. The van der Waals surface area contributed by atoms with E-state index in [4.69, 9.17) is 4.42 Å². The first-order valence-corrected chi connectivity index (χ1v) is 7.46. The maximum absolute atomic E-state index is 12.3. The van der Waals surface area contributed by atoms with Gasteiger partial charge in [-0.05, 0) is 24.1 Å². The lowest BCUT2D eigenvalue weighted by molar-refractivity contribution is -0.143. The second-order valence-electron chi connectivity index (χ2n) is 4.86. The van der Waals surface area contributed by atoms with E-state index in [1.54, 1.807) is 6.07 Å². The average Bonchev–Trinajstić information content (AvgIpc) is 3.04. The van der Waals surface area contributed by atoms with Gasteiger partial charge in [0.1, 0.15) is 5.76 Å². The minimum atomic E-state index is -1.19. The summed E-state index contributed by atoms with van der Waals surface area (Å²) in [6, 6.07) is 11.4. The molecule has 0 fully saturated rings. The van der Waals surface area contributed by atoms with Crippen LogP contribution in [0.1, 0.15) is 17.4 Å². The second kappa shape index (κ2) is 7.70. The van der Waals surface area contributed by atoms with Crippen LogP contribution in [0.2, 0.25) is 0 Å². The number of thiol groups is 1. The molecule has 2 aromatic rings. The van der Waals surface area contributed by atoms with Crippen molar-refractivity contribution in [1.29, 1.82) is 0 Å². The van der Waals surface area contributed by atoms with Crippen molar-refractivity contribution in [2.45, 2.75) is 12.5 Å². The van der Waals surface area contributed by atoms with Gasteiger partial charge in [0.15, 0.2) is 6.04 Å². The van der Waals surface area contributed by atoms with Crippen LogP contribution >= 0.6 is 12.6 Å². The van der Waals surface area contributed by atoms with Crippen LogP contribution in [0.3, 0.4) is 0 Å². The van der Waals surface area contributed by atoms with Crippen molar-refractivity contribution < 1.29 is 19.1 Å². The van der Waals surface area contributed by atoms with Crippen molar-refractivity contribution in [3.8, 4) is 0 Å². The van der Waals surface area contributed by atoms with Crippen LogP contribution in [0.4, 0.5) is 0 Å². The average molecular weight is 319 g/mol. The first-order chi connectivity index (χ1) is 10.6. The fourth-order valence-corrected chi connectivity index (χ4v) is 2.40. The van der Waals surface area contributed by atoms with Crippen molar-refractivity contribution in [3.05, 3.63) is 60.1 Å². The van der Waals surface area contributed by atoms with E-state index in [2.05, 4.69) is 17.9 Å². The molecule has 6 heteroatoms. The normalized spacial score (nSPS) is 13.3. The van der Waals surface area contributed by atoms with Crippen LogP contribution in [0.25, 0.3) is 0 Å². The predicted molar refractivity (Wildman–Crippen MR) is 84.7 cm³/mol. The van der Waals surface area contributed by atoms with E-state index in [9.17, 15) is 14.7 Å². The molecule has 1 amide bonds. The lowest BCUT2D eigenvalue weighted by Crippen LogP contribution is -2.39. The molecule has 2 unspecified atom stereocenters. The van der Waals surface area contributed by atoms with Crippen LogP contribution < -0.4 is 5.32 Å². The highest BCUT2D eigenvalue weighted by atomic mass is 32.1. The fourth-order valence-electron chi connectivity index (χ4n) is 2.11. The van der Waals surface area contributed by atoms with Gasteiger partial charge in [0.25, 0.3) is 0 Å². The Bertz CT molecular complexity index is 612. The number of aliphatic carboxylic acids is 1. The first-order valence-electron chi connectivity index (χ1n) is 6.83. The highest BCUT2D eigenvalue weighted by molar-refractivity contribution is 7.80. The van der Waals surface area contributed by atoms with Crippen molar-refractivity contribution in [3.63, 3.8) is 0 Å². The molecule has 2 atom stereocenters. The van der Waals surface area contributed by atoms with E-state index in [1.807, 2.05) is 30.3 Å². The summed E-state index contributed by atoms with van der Waals surface area (Å²) in [6.45, 7) is 0. The third-order valence-electron chi connectivity index (χ3n) is 3.28. The molecule has 0 aliphatic heterocycles. The minimum Gasteiger partial charge on any atom is -0.479 e. The molecule has 0 saturated heterocycles. The van der Waals surface area contributed by atoms with Gasteiger partial charge in [-0.15, -0.1) is 0 Å². The predicted octanol–water partition coefficient (Wildman–Crippen LogP) is 2.31. The number of hydrogen-bond acceptors (Lipinski definition) is 4. The van der Waals surface area contributed by atoms with Gasteiger partial charge >= 0.3 is 5.97 Å². The summed E-state index contributed by atoms with van der Waals surface area (Å²) < 4.78 is 5.07. The summed E-state index contributed by atoms with van der Waals surface area (Å²) in [5.74, 6) is -1.42. The molecule has 0 aliphatic carbocycles. The number of furan rings is 1. The van der Waals surface area contributed by atoms with Crippen molar-refractivity contribution in [2.75, 3.05) is 5.75 Å². The van der Waals surface area contributed by atoms with Crippen LogP contribution in [-0.2, 0) is 16.0 Å². The fraction of sp³-hybridized carbons (Fsp3) is 0.250. The first kappa shape index (κ1) is 16.2. The van der Waals surface area contributed by atoms with E-state index in [0.29, 0.717) is 12.2 Å². The Labute approximate surface area is 133 Å². The minimum absolute atomic E-state index is 0.193. The Morgan fingerprint density at radius 2 is 1.91 bits per heavy atom. The number of carboxylic acids is 1. The molecule has 2 N–H and O–H groups in total. The smallest absolute Gasteiger partial charge is 0.334 e. The Hall–Kier alpha value is -2.21. The Kier molecular flexibility index (Phi) is 5.66. The van der Waals surface area contributed by atoms with Crippen molar-refractivity contribution in [1.82, 2.24) is 5.32 Å². The van der Waals surface area contributed by atoms with Gasteiger partial charge in [0.2, 0.25) is 5.91 Å². The third kappa shape index (κ3) is 4.14. The lowest BCUT2D eigenvalue weighted by Gasteiger charge is -2.18. The maximum Gasteiger partial charge on any atom is 0.334 e. The topological polar surface area (TPSA) is 79.5 Å². The number of benzene rings is 1. The van der Waals surface area contributed by atoms with Crippen LogP contribution in [0.15, 0.2) is 53.1 Å². The molecule has 1 aromatic carbocycles. The molecule has 1 heterocycles. The molecule has 0 saturated carbocycles. The molecule has 0 spiro atoms. The van der Waals surface area contributed by atoms with Gasteiger partial charge in [0, 0.05) is 5.75 Å². The standard InChI is InChI=1S/C16H17NO4S/c18-15(12(10-22)9-11-5-2-1-3-6-11)17-14(16(19)20)13-7-4-8-21-13/h1-8,12,14,22H,9-10H2,(H,17,18)(H,19,20). The van der Waals surface area contributed by atoms with Crippen LogP contribution in [-0.4, -0.2) is 22.7 Å². The zero-order valence-electron chi connectivity index (χ0n) is 11.8. The summed E-state index contributed by atoms with van der Waals surface area (Å²) in [5.41, 5.74) is 1.00. The summed E-state index contributed by atoms with van der Waals surface area (Å²) in [6.07, 6.45) is 1.87. The van der Waals surface area contributed by atoms with Crippen molar-refractivity contribution in [2.24, 2.45) is 5.92 Å². The molecule has 5 nitrogen and oxygen atoms in total. The van der Waals surface area contributed by atoms with Gasteiger partial charge < -0.3 is 14.8 Å². The number of rotatable bonds is 7. The number of hydrogen-bond donors (Lipinski definition) is 3. The molecule has 0 aliphatic rings. The number of carbonyl (C=O) groups is 2. The number of carboxylic acid groups (broad SMARTS) is 1. The van der Waals surface area contributed by atoms with E-state index in [-0.39, 0.29) is 11.7 Å². The van der Waals surface area contributed by atoms with E-state index in [1.165, 1.54) is 12.3 Å². The molecular formula is C16H17NO4S. The zero-order valence-corrected chi connectivity index (χ0v) is 12.7. The highest BCUT2D eigenvalue weighted by Gasteiger charge is 2.27. The van der Waals surface area contributed by atoms with Gasteiger partial charge in [-0.25, -0.2) is 4.79 Å². The zero-order chi connectivity index (χ0) is 15.9. The van der Waals surface area contributed by atoms with Crippen LogP contribution in [0.5, 0.6) is 0 Å². The van der Waals surface area contributed by atoms with Crippen LogP contribution in [0, 0.1) is 5.92 Å². The van der Waals surface area contributed by atoms with E-state index < -0.39 is 17.9 Å². The molecule has 22 heavy (non-hydrogen) atoms. The largest absolute Gasteiger partial charge is 0.479 e. The third-order valence-corrected chi connectivity index (χ3v) is 3.72. The summed E-state index contributed by atoms with van der Waals surface area (Å²) >= 11 is 4.20. The number of amides is 1. The molecule has 2 rings (SSSR count).